The lowest BCUT2D eigenvalue weighted by atomic mass is 10.0. The maximum Gasteiger partial charge on any atom is 0.238 e. The average Bonchev–Trinajstić information content (AvgIpc) is 1.56. The van der Waals surface area contributed by atoms with E-state index in [-0.39, 0.29) is 0 Å². The van der Waals surface area contributed by atoms with Crippen LogP contribution in [0.3, 0.4) is 0 Å². The van der Waals surface area contributed by atoms with Crippen molar-refractivity contribution in [3.8, 4) is 79.9 Å². The lowest BCUT2D eigenvalue weighted by molar-refractivity contribution is 0.669. The van der Waals surface area contributed by atoms with Gasteiger partial charge in [-0.2, -0.15) is 19.9 Å². The topological polar surface area (TPSA) is 110 Å². The van der Waals surface area contributed by atoms with E-state index in [1.807, 2.05) is 34.8 Å². The molecule has 11 nitrogen and oxygen atoms in total. The van der Waals surface area contributed by atoms with Crippen LogP contribution < -0.4 is 0 Å². The van der Waals surface area contributed by atoms with Crippen LogP contribution in [-0.4, -0.2) is 48.2 Å². The number of nitrogens with zero attached hydrogens (tertiary/aromatic N) is 10. The zero-order valence-electron chi connectivity index (χ0n) is 65.7. The molecule has 0 aliphatic carbocycles. The van der Waals surface area contributed by atoms with Crippen LogP contribution in [0.2, 0.25) is 0 Å². The van der Waals surface area contributed by atoms with Crippen molar-refractivity contribution >= 4 is 225 Å². The zero-order valence-corrected chi connectivity index (χ0v) is 68.2. The Morgan fingerprint density at radius 3 is 0.984 bits per heavy atom. The van der Waals surface area contributed by atoms with Gasteiger partial charge in [-0.25, -0.2) is 9.97 Å². The predicted molar refractivity (Wildman–Crippen MR) is 519 cm³/mol. The molecule has 0 aliphatic rings. The van der Waals surface area contributed by atoms with Crippen LogP contribution in [0.25, 0.3) is 271 Å². The summed E-state index contributed by atoms with van der Waals surface area (Å²) in [6.45, 7) is 0. The van der Waals surface area contributed by atoms with Crippen molar-refractivity contribution in [3.63, 3.8) is 0 Å². The van der Waals surface area contributed by atoms with Crippen molar-refractivity contribution in [2.75, 3.05) is 0 Å². The maximum absolute atomic E-state index is 6.57. The van der Waals surface area contributed by atoms with Crippen molar-refractivity contribution in [1.29, 1.82) is 0 Å². The molecular formula is C110H60N10OS3. The minimum atomic E-state index is 0.516. The van der Waals surface area contributed by atoms with Gasteiger partial charge >= 0.3 is 0 Å². The van der Waals surface area contributed by atoms with E-state index in [9.17, 15) is 0 Å². The van der Waals surface area contributed by atoms with Crippen LogP contribution in [-0.2, 0) is 0 Å². The number of thiophene rings is 3. The van der Waals surface area contributed by atoms with E-state index in [2.05, 4.69) is 370 Å². The molecule has 0 radical (unpaired) electrons. The lowest BCUT2D eigenvalue weighted by Gasteiger charge is -2.14. The largest absolute Gasteiger partial charge is 0.456 e. The molecule has 28 aromatic rings. The SMILES string of the molecule is c1ccc2cc3c(cc2c1)c1ccccc1n3-c1cc(-c2nc(-c3ccc4c(c3)sc3cc(-c5ccc6c(c5)sc5c(-n7c8ccccc8c8cc9ccccc9cc87)cc(-c7nc(-c8ccc9c(c8)oc8ccccc89)nc(-n8c9ccccc9c9ccccc98)n7)cc56)ccc34)nc(-n3c4ccccc4c4ccccc43)n2)cc2c1sc1ccccc12. The van der Waals surface area contributed by atoms with Crippen LogP contribution in [0.1, 0.15) is 0 Å². The minimum Gasteiger partial charge on any atom is -0.456 e. The highest BCUT2D eigenvalue weighted by Crippen LogP contribution is 2.50. The van der Waals surface area contributed by atoms with E-state index in [1.165, 1.54) is 73.3 Å². The molecule has 0 amide bonds. The molecule has 0 fully saturated rings. The van der Waals surface area contributed by atoms with Gasteiger partial charge in [-0.1, -0.05) is 237 Å². The van der Waals surface area contributed by atoms with Gasteiger partial charge in [0.2, 0.25) is 11.9 Å². The third kappa shape index (κ3) is 10.0. The molecule has 124 heavy (non-hydrogen) atoms. The molecule has 0 saturated heterocycles. The van der Waals surface area contributed by atoms with Crippen molar-refractivity contribution in [3.05, 3.63) is 364 Å². The smallest absolute Gasteiger partial charge is 0.238 e. The molecule has 0 aliphatic heterocycles. The Morgan fingerprint density at radius 1 is 0.185 bits per heavy atom. The van der Waals surface area contributed by atoms with Crippen molar-refractivity contribution < 1.29 is 4.42 Å². The third-order valence-corrected chi connectivity index (χ3v) is 29.1. The highest BCUT2D eigenvalue weighted by Gasteiger charge is 2.28. The summed E-state index contributed by atoms with van der Waals surface area (Å²) in [4.78, 5) is 33.5. The quantitative estimate of drug-likeness (QED) is 0.142. The maximum atomic E-state index is 6.57. The molecule has 574 valence electrons. The summed E-state index contributed by atoms with van der Waals surface area (Å²) in [6.07, 6.45) is 0. The number of para-hydroxylation sites is 7. The minimum absolute atomic E-state index is 0.516. The van der Waals surface area contributed by atoms with Gasteiger partial charge in [0.1, 0.15) is 11.2 Å². The predicted octanol–water partition coefficient (Wildman–Crippen LogP) is 30.1. The molecule has 14 heteroatoms. The lowest BCUT2D eigenvalue weighted by Crippen LogP contribution is -2.06. The van der Waals surface area contributed by atoms with Crippen LogP contribution in [0.4, 0.5) is 0 Å². The van der Waals surface area contributed by atoms with Gasteiger partial charge in [-0.3, -0.25) is 9.13 Å². The Balaban J connectivity index is 0.614. The monoisotopic (exact) mass is 1630 g/mol. The molecule has 10 aromatic heterocycles. The fourth-order valence-corrected chi connectivity index (χ4v) is 23.6. The highest BCUT2D eigenvalue weighted by molar-refractivity contribution is 7.27. The van der Waals surface area contributed by atoms with Crippen LogP contribution in [0.5, 0.6) is 0 Å². The Labute approximate surface area is 716 Å². The molecule has 18 aromatic carbocycles. The average molecular weight is 1630 g/mol. The summed E-state index contributed by atoms with van der Waals surface area (Å²) in [5.41, 5.74) is 18.0. The first kappa shape index (κ1) is 68.0. The van der Waals surface area contributed by atoms with Gasteiger partial charge < -0.3 is 13.6 Å². The first-order valence-corrected chi connectivity index (χ1v) is 44.0. The van der Waals surface area contributed by atoms with Gasteiger partial charge in [-0.05, 0) is 160 Å². The van der Waals surface area contributed by atoms with Crippen LogP contribution in [0, 0.1) is 0 Å². The molecule has 0 atom stereocenters. The summed E-state index contributed by atoms with van der Waals surface area (Å²) >= 11 is 5.47. The molecule has 28 rings (SSSR count). The number of hydrogen-bond donors (Lipinski definition) is 0. The molecule has 0 unspecified atom stereocenters. The second-order valence-corrected chi connectivity index (χ2v) is 35.6. The van der Waals surface area contributed by atoms with Crippen LogP contribution >= 0.6 is 34.0 Å². The first-order chi connectivity index (χ1) is 61.4. The fourth-order valence-electron chi connectivity index (χ4n) is 20.0. The number of rotatable bonds is 9. The second kappa shape index (κ2) is 25.8. The number of aromatic nitrogens is 10. The Morgan fingerprint density at radius 2 is 0.508 bits per heavy atom. The molecule has 10 heterocycles. The van der Waals surface area contributed by atoms with E-state index in [4.69, 9.17) is 34.3 Å². The van der Waals surface area contributed by atoms with Crippen LogP contribution in [0.15, 0.2) is 368 Å². The molecule has 0 bridgehead atoms. The van der Waals surface area contributed by atoms with E-state index >= 15 is 0 Å². The molecule has 0 saturated carbocycles. The van der Waals surface area contributed by atoms with Crippen molar-refractivity contribution in [2.24, 2.45) is 0 Å². The van der Waals surface area contributed by atoms with Gasteiger partial charge in [0.05, 0.1) is 64.9 Å². The highest BCUT2D eigenvalue weighted by atomic mass is 32.1. The standard InChI is InChI=1S/C110H60N10OS3/c1-3-23-63-53-93-83(49-61(63)21-1)75-29-9-13-33-87(75)117(93)95-55-69(51-85-79-32-12-20-40-99(79)123-103(85)95)108-112-106(114-110(116-108)120-91-37-17-7-27-73(91)74-28-8-18-38-92(74)120)68-44-48-81-80-46-41-65(58-100(80)122-101(81)60-68)66-42-47-82-86-52-70(56-96(104(86)124-102(82)59-66)118-88-34-14-10-30-76(88)84-50-62-22-2-4-24-64(62)54-94(84)118)107-111-105(67-43-45-78-77-31-11-19-39-97(77)121-98(78)57-67)113-109(115-107)119-89-35-15-5-25-71(89)72-26-6-16-36-90(72)119/h1-60H. The molecular weight excluding hydrogens is 1570 g/mol. The van der Waals surface area contributed by atoms with Crippen molar-refractivity contribution in [2.45, 2.75) is 0 Å². The number of fused-ring (bicyclic) bond motifs is 26. The Hall–Kier alpha value is -15.8. The van der Waals surface area contributed by atoms with Gasteiger partial charge in [0.25, 0.3) is 0 Å². The number of furan rings is 1. The summed E-state index contributed by atoms with van der Waals surface area (Å²) < 4.78 is 23.0. The van der Waals surface area contributed by atoms with E-state index in [0.717, 1.165) is 163 Å². The van der Waals surface area contributed by atoms with Gasteiger partial charge in [-0.15, -0.1) is 34.0 Å². The summed E-state index contributed by atoms with van der Waals surface area (Å²) in [7, 11) is 0. The molecule has 0 spiro atoms. The number of benzene rings is 18. The molecule has 0 N–H and O–H groups in total. The normalized spacial score (nSPS) is 12.4. The second-order valence-electron chi connectivity index (χ2n) is 32.4. The van der Waals surface area contributed by atoms with Gasteiger partial charge in [0, 0.05) is 127 Å². The Kier molecular flexibility index (Phi) is 14.2. The van der Waals surface area contributed by atoms with E-state index < -0.39 is 0 Å². The fraction of sp³-hybridized carbons (Fsp3) is 0. The van der Waals surface area contributed by atoms with E-state index in [1.54, 1.807) is 11.3 Å². The number of hydrogen-bond acceptors (Lipinski definition) is 10. The van der Waals surface area contributed by atoms with Crippen molar-refractivity contribution in [1.82, 2.24) is 48.2 Å². The Bertz CT molecular complexity index is 9480. The third-order valence-electron chi connectivity index (χ3n) is 25.6. The van der Waals surface area contributed by atoms with E-state index in [0.29, 0.717) is 35.2 Å². The zero-order chi connectivity index (χ0) is 80.7. The summed E-state index contributed by atoms with van der Waals surface area (Å²) in [5, 5.41) is 23.1. The van der Waals surface area contributed by atoms with Gasteiger partial charge in [0.15, 0.2) is 23.3 Å². The first-order valence-electron chi connectivity index (χ1n) is 41.6. The summed E-state index contributed by atoms with van der Waals surface area (Å²) in [6, 6.07) is 132. The summed E-state index contributed by atoms with van der Waals surface area (Å²) in [5.74, 6) is 3.30.